The molecule has 100 valence electrons. The molecule has 0 aromatic carbocycles. The lowest BCUT2D eigenvalue weighted by Gasteiger charge is -2.28. The summed E-state index contributed by atoms with van der Waals surface area (Å²) < 4.78 is 6.35. The second kappa shape index (κ2) is 6.65. The summed E-state index contributed by atoms with van der Waals surface area (Å²) in [6.07, 6.45) is 0. The smallest absolute Gasteiger partial charge is 0.236 e. The van der Waals surface area contributed by atoms with E-state index in [1.807, 2.05) is 11.9 Å². The van der Waals surface area contributed by atoms with Crippen molar-refractivity contribution in [3.8, 4) is 0 Å². The minimum Gasteiger partial charge on any atom is -0.378 e. The fourth-order valence-electron chi connectivity index (χ4n) is 1.90. The Kier molecular flexibility index (Phi) is 5.17. The van der Waals surface area contributed by atoms with Gasteiger partial charge in [0.15, 0.2) is 0 Å². The minimum absolute atomic E-state index is 0.191. The second-order valence-electron chi connectivity index (χ2n) is 4.40. The SMILES string of the molecule is CN(CC(=O)N1CCOCC1)Cc1cc(Br)cs1. The molecule has 4 nitrogen and oxygen atoms in total. The normalized spacial score (nSPS) is 16.3. The van der Waals surface area contributed by atoms with Crippen molar-refractivity contribution < 1.29 is 9.53 Å². The summed E-state index contributed by atoms with van der Waals surface area (Å²) in [6, 6.07) is 2.10. The van der Waals surface area contributed by atoms with Crippen LogP contribution in [-0.4, -0.2) is 55.6 Å². The van der Waals surface area contributed by atoms with Crippen molar-refractivity contribution in [2.75, 3.05) is 39.9 Å². The van der Waals surface area contributed by atoms with Gasteiger partial charge in [0.1, 0.15) is 0 Å². The van der Waals surface area contributed by atoms with Crippen molar-refractivity contribution in [1.82, 2.24) is 9.80 Å². The Hall–Kier alpha value is -0.430. The number of ether oxygens (including phenoxy) is 1. The van der Waals surface area contributed by atoms with E-state index >= 15 is 0 Å². The highest BCUT2D eigenvalue weighted by Gasteiger charge is 2.18. The molecule has 2 rings (SSSR count). The largest absolute Gasteiger partial charge is 0.378 e. The molecular formula is C12H17BrN2O2S. The van der Waals surface area contributed by atoms with Gasteiger partial charge in [-0.2, -0.15) is 0 Å². The summed E-state index contributed by atoms with van der Waals surface area (Å²) in [6.45, 7) is 4.04. The number of likely N-dealkylation sites (N-methyl/N-ethyl adjacent to an activating group) is 1. The molecule has 1 fully saturated rings. The Labute approximate surface area is 120 Å². The molecule has 0 bridgehead atoms. The summed E-state index contributed by atoms with van der Waals surface area (Å²) >= 11 is 5.15. The zero-order valence-electron chi connectivity index (χ0n) is 10.4. The van der Waals surface area contributed by atoms with Gasteiger partial charge in [-0.25, -0.2) is 0 Å². The van der Waals surface area contributed by atoms with Crippen LogP contribution in [-0.2, 0) is 16.1 Å². The van der Waals surface area contributed by atoms with Crippen LogP contribution < -0.4 is 0 Å². The first-order chi connectivity index (χ1) is 8.65. The van der Waals surface area contributed by atoms with Gasteiger partial charge < -0.3 is 9.64 Å². The molecule has 0 aliphatic carbocycles. The van der Waals surface area contributed by atoms with E-state index in [1.165, 1.54) is 4.88 Å². The molecule has 0 radical (unpaired) electrons. The number of carbonyl (C=O) groups excluding carboxylic acids is 1. The van der Waals surface area contributed by atoms with Gasteiger partial charge in [0.2, 0.25) is 5.91 Å². The van der Waals surface area contributed by atoms with Crippen LogP contribution in [0, 0.1) is 0 Å². The molecular weight excluding hydrogens is 316 g/mol. The molecule has 0 spiro atoms. The van der Waals surface area contributed by atoms with Gasteiger partial charge in [-0.1, -0.05) is 0 Å². The third kappa shape index (κ3) is 4.05. The zero-order chi connectivity index (χ0) is 13.0. The van der Waals surface area contributed by atoms with Crippen molar-refractivity contribution in [3.05, 3.63) is 20.8 Å². The molecule has 1 aromatic rings. The van der Waals surface area contributed by atoms with E-state index in [4.69, 9.17) is 4.74 Å². The van der Waals surface area contributed by atoms with Gasteiger partial charge in [-0.15, -0.1) is 11.3 Å². The minimum atomic E-state index is 0.191. The van der Waals surface area contributed by atoms with Crippen LogP contribution in [0.2, 0.25) is 0 Å². The van der Waals surface area contributed by atoms with E-state index < -0.39 is 0 Å². The van der Waals surface area contributed by atoms with Gasteiger partial charge in [0, 0.05) is 34.4 Å². The highest BCUT2D eigenvalue weighted by molar-refractivity contribution is 9.10. The lowest BCUT2D eigenvalue weighted by atomic mass is 10.3. The number of morpholine rings is 1. The highest BCUT2D eigenvalue weighted by Crippen LogP contribution is 2.20. The summed E-state index contributed by atoms with van der Waals surface area (Å²) in [4.78, 5) is 17.2. The van der Waals surface area contributed by atoms with Crippen molar-refractivity contribution in [2.45, 2.75) is 6.54 Å². The molecule has 6 heteroatoms. The Bertz CT molecular complexity index is 405. The number of hydrogen-bond donors (Lipinski definition) is 0. The van der Waals surface area contributed by atoms with Crippen molar-refractivity contribution in [1.29, 1.82) is 0 Å². The molecule has 0 unspecified atom stereocenters. The molecule has 0 saturated carbocycles. The van der Waals surface area contributed by atoms with E-state index in [9.17, 15) is 4.79 Å². The summed E-state index contributed by atoms with van der Waals surface area (Å²) in [5, 5.41) is 2.06. The first-order valence-electron chi connectivity index (χ1n) is 5.92. The lowest BCUT2D eigenvalue weighted by molar-refractivity contribution is -0.136. The first-order valence-corrected chi connectivity index (χ1v) is 7.59. The second-order valence-corrected chi connectivity index (χ2v) is 6.31. The van der Waals surface area contributed by atoms with Crippen LogP contribution in [0.3, 0.4) is 0 Å². The average molecular weight is 333 g/mol. The number of halogens is 1. The standard InChI is InChI=1S/C12H17BrN2O2S/c1-14(7-11-6-10(13)9-18-11)8-12(16)15-2-4-17-5-3-15/h6,9H,2-5,7-8H2,1H3. The molecule has 1 amide bonds. The van der Waals surface area contributed by atoms with Crippen LogP contribution in [0.25, 0.3) is 0 Å². The molecule has 0 atom stereocenters. The van der Waals surface area contributed by atoms with Crippen molar-refractivity contribution in [3.63, 3.8) is 0 Å². The van der Waals surface area contributed by atoms with Crippen LogP contribution in [0.15, 0.2) is 15.9 Å². The monoisotopic (exact) mass is 332 g/mol. The Morgan fingerprint density at radius 2 is 2.28 bits per heavy atom. The molecule has 1 aromatic heterocycles. The van der Waals surface area contributed by atoms with Crippen LogP contribution >= 0.6 is 27.3 Å². The first kappa shape index (κ1) is 14.0. The molecule has 1 aliphatic heterocycles. The Morgan fingerprint density at radius 1 is 1.56 bits per heavy atom. The number of carbonyl (C=O) groups is 1. The molecule has 2 heterocycles. The van der Waals surface area contributed by atoms with Crippen LogP contribution in [0.4, 0.5) is 0 Å². The third-order valence-electron chi connectivity index (χ3n) is 2.82. The lowest BCUT2D eigenvalue weighted by Crippen LogP contribution is -2.44. The number of rotatable bonds is 4. The predicted molar refractivity (Wildman–Crippen MR) is 75.8 cm³/mol. The average Bonchev–Trinajstić information content (AvgIpc) is 2.75. The van der Waals surface area contributed by atoms with Crippen molar-refractivity contribution >= 4 is 33.2 Å². The maximum Gasteiger partial charge on any atom is 0.236 e. The highest BCUT2D eigenvalue weighted by atomic mass is 79.9. The fraction of sp³-hybridized carbons (Fsp3) is 0.583. The fourth-order valence-corrected chi connectivity index (χ4v) is 3.43. The maximum absolute atomic E-state index is 12.0. The number of thiophene rings is 1. The summed E-state index contributed by atoms with van der Waals surface area (Å²) in [5.41, 5.74) is 0. The van der Waals surface area contributed by atoms with Crippen LogP contribution in [0.5, 0.6) is 0 Å². The van der Waals surface area contributed by atoms with Crippen molar-refractivity contribution in [2.24, 2.45) is 0 Å². The summed E-state index contributed by atoms with van der Waals surface area (Å²) in [7, 11) is 1.98. The number of amides is 1. The van der Waals surface area contributed by atoms with Gasteiger partial charge in [-0.05, 0) is 29.0 Å². The topological polar surface area (TPSA) is 32.8 Å². The molecule has 18 heavy (non-hydrogen) atoms. The quantitative estimate of drug-likeness (QED) is 0.842. The van der Waals surface area contributed by atoms with E-state index in [2.05, 4.69) is 32.3 Å². The van der Waals surface area contributed by atoms with Crippen LogP contribution in [0.1, 0.15) is 4.88 Å². The third-order valence-corrected chi connectivity index (χ3v) is 4.50. The van der Waals surface area contributed by atoms with Gasteiger partial charge in [-0.3, -0.25) is 9.69 Å². The van der Waals surface area contributed by atoms with E-state index in [1.54, 1.807) is 11.3 Å². The Balaban J connectivity index is 1.79. The van der Waals surface area contributed by atoms with E-state index in [0.29, 0.717) is 19.8 Å². The zero-order valence-corrected chi connectivity index (χ0v) is 12.8. The van der Waals surface area contributed by atoms with E-state index in [0.717, 1.165) is 24.1 Å². The maximum atomic E-state index is 12.0. The molecule has 0 N–H and O–H groups in total. The molecule has 1 aliphatic rings. The summed E-state index contributed by atoms with van der Waals surface area (Å²) in [5.74, 6) is 0.191. The van der Waals surface area contributed by atoms with Gasteiger partial charge >= 0.3 is 0 Å². The predicted octanol–water partition coefficient (Wildman–Crippen LogP) is 1.80. The van der Waals surface area contributed by atoms with Gasteiger partial charge in [0.25, 0.3) is 0 Å². The Morgan fingerprint density at radius 3 is 2.89 bits per heavy atom. The van der Waals surface area contributed by atoms with Gasteiger partial charge in [0.05, 0.1) is 19.8 Å². The number of hydrogen-bond acceptors (Lipinski definition) is 4. The molecule has 1 saturated heterocycles. The number of nitrogens with zero attached hydrogens (tertiary/aromatic N) is 2. The van der Waals surface area contributed by atoms with E-state index in [-0.39, 0.29) is 5.91 Å².